The minimum absolute atomic E-state index is 0.0877. The number of carbonyl (C=O) groups is 1. The molecule has 0 amide bonds. The molecule has 0 aliphatic carbocycles. The van der Waals surface area contributed by atoms with E-state index in [0.29, 0.717) is 30.1 Å². The van der Waals surface area contributed by atoms with Crippen molar-refractivity contribution in [3.8, 4) is 5.75 Å². The molecule has 0 bridgehead atoms. The monoisotopic (exact) mass is 402 g/mol. The summed E-state index contributed by atoms with van der Waals surface area (Å²) in [5, 5.41) is 0.642. The lowest BCUT2D eigenvalue weighted by molar-refractivity contribution is -0.118. The first-order chi connectivity index (χ1) is 13.0. The number of aromatic nitrogens is 2. The Morgan fingerprint density at radius 1 is 1.15 bits per heavy atom. The summed E-state index contributed by atoms with van der Waals surface area (Å²) in [5.74, 6) is 1.24. The zero-order valence-corrected chi connectivity index (χ0v) is 16.3. The average molecular weight is 403 g/mol. The molecule has 0 aliphatic rings. The predicted molar refractivity (Wildman–Crippen MR) is 107 cm³/mol. The van der Waals surface area contributed by atoms with Gasteiger partial charge in [-0.15, -0.1) is 0 Å². The molecular weight excluding hydrogens is 384 g/mol. The third kappa shape index (κ3) is 5.52. The minimum atomic E-state index is -0.213. The highest BCUT2D eigenvalue weighted by molar-refractivity contribution is 7.02. The molecule has 0 saturated heterocycles. The Balaban J connectivity index is 1.74. The Hall–Kier alpha value is -2.44. The van der Waals surface area contributed by atoms with E-state index >= 15 is 0 Å². The minimum Gasteiger partial charge on any atom is -0.497 e. The average Bonchev–Trinajstić information content (AvgIpc) is 3.10. The van der Waals surface area contributed by atoms with Gasteiger partial charge in [0.15, 0.2) is 0 Å². The van der Waals surface area contributed by atoms with E-state index in [2.05, 4.69) is 9.36 Å². The fourth-order valence-corrected chi connectivity index (χ4v) is 3.56. The van der Waals surface area contributed by atoms with Gasteiger partial charge < -0.3 is 4.74 Å². The SMILES string of the molecule is COc1ccc(CC(CC(=O)Cc2ccc(Cl)cc2)c2nsc(=O)[nH]2)cc1. The number of rotatable bonds is 8. The lowest BCUT2D eigenvalue weighted by Crippen LogP contribution is -2.14. The van der Waals surface area contributed by atoms with Crippen LogP contribution in [0, 0.1) is 0 Å². The first-order valence-corrected chi connectivity index (χ1v) is 9.63. The molecule has 1 unspecified atom stereocenters. The van der Waals surface area contributed by atoms with Crippen molar-refractivity contribution in [1.82, 2.24) is 9.36 Å². The normalized spacial score (nSPS) is 11.9. The molecule has 7 heteroatoms. The van der Waals surface area contributed by atoms with Crippen molar-refractivity contribution in [1.29, 1.82) is 0 Å². The molecular formula is C20H19ClN2O3S. The van der Waals surface area contributed by atoms with E-state index < -0.39 is 0 Å². The van der Waals surface area contributed by atoms with Crippen molar-refractivity contribution in [2.75, 3.05) is 7.11 Å². The van der Waals surface area contributed by atoms with Crippen molar-refractivity contribution >= 4 is 28.9 Å². The fourth-order valence-electron chi connectivity index (χ4n) is 2.91. The number of Topliss-reactive ketones (excluding diaryl/α,β-unsaturated/α-hetero) is 1. The number of ether oxygens (including phenoxy) is 1. The smallest absolute Gasteiger partial charge is 0.323 e. The van der Waals surface area contributed by atoms with E-state index in [4.69, 9.17) is 16.3 Å². The van der Waals surface area contributed by atoms with E-state index in [1.165, 1.54) is 0 Å². The molecule has 1 atom stereocenters. The highest BCUT2D eigenvalue weighted by atomic mass is 35.5. The maximum Gasteiger partial charge on any atom is 0.323 e. The van der Waals surface area contributed by atoms with Crippen LogP contribution >= 0.6 is 23.1 Å². The molecule has 140 valence electrons. The lowest BCUT2D eigenvalue weighted by Gasteiger charge is -2.14. The zero-order chi connectivity index (χ0) is 19.2. The largest absolute Gasteiger partial charge is 0.497 e. The lowest BCUT2D eigenvalue weighted by atomic mass is 9.91. The van der Waals surface area contributed by atoms with Crippen LogP contribution in [-0.4, -0.2) is 22.3 Å². The summed E-state index contributed by atoms with van der Waals surface area (Å²) in [4.78, 5) is 26.7. The summed E-state index contributed by atoms with van der Waals surface area (Å²) in [6, 6.07) is 14.9. The number of H-pyrrole nitrogens is 1. The van der Waals surface area contributed by atoms with Crippen LogP contribution in [0.3, 0.4) is 0 Å². The summed E-state index contributed by atoms with van der Waals surface area (Å²) in [6.07, 6.45) is 1.23. The van der Waals surface area contributed by atoms with Crippen LogP contribution in [0.4, 0.5) is 0 Å². The number of halogens is 1. The molecule has 0 saturated carbocycles. The number of benzene rings is 2. The Morgan fingerprint density at radius 2 is 1.81 bits per heavy atom. The van der Waals surface area contributed by atoms with Gasteiger partial charge in [-0.25, -0.2) is 0 Å². The fraction of sp³-hybridized carbons (Fsp3) is 0.250. The van der Waals surface area contributed by atoms with Gasteiger partial charge in [-0.3, -0.25) is 14.6 Å². The molecule has 5 nitrogen and oxygen atoms in total. The van der Waals surface area contributed by atoms with Gasteiger partial charge in [-0.2, -0.15) is 4.37 Å². The molecule has 3 rings (SSSR count). The number of carbonyl (C=O) groups excluding carboxylic acids is 1. The first-order valence-electron chi connectivity index (χ1n) is 8.48. The van der Waals surface area contributed by atoms with Gasteiger partial charge in [-0.1, -0.05) is 35.9 Å². The summed E-state index contributed by atoms with van der Waals surface area (Å²) < 4.78 is 9.38. The Kier molecular flexibility index (Phi) is 6.42. The Labute approximate surface area is 166 Å². The van der Waals surface area contributed by atoms with Gasteiger partial charge in [0, 0.05) is 35.3 Å². The van der Waals surface area contributed by atoms with Crippen LogP contribution in [0.1, 0.15) is 29.3 Å². The Bertz CT molecular complexity index is 948. The van der Waals surface area contributed by atoms with E-state index in [1.807, 2.05) is 36.4 Å². The maximum absolute atomic E-state index is 12.6. The molecule has 27 heavy (non-hydrogen) atoms. The number of ketones is 1. The van der Waals surface area contributed by atoms with E-state index in [0.717, 1.165) is 28.4 Å². The van der Waals surface area contributed by atoms with Crippen LogP contribution in [0.2, 0.25) is 5.02 Å². The van der Waals surface area contributed by atoms with Crippen molar-refractivity contribution in [2.45, 2.75) is 25.2 Å². The number of nitrogens with one attached hydrogen (secondary N) is 1. The predicted octanol–water partition coefficient (Wildman–Crippen LogP) is 4.02. The second-order valence-electron chi connectivity index (χ2n) is 6.28. The van der Waals surface area contributed by atoms with Crippen molar-refractivity contribution in [2.24, 2.45) is 0 Å². The molecule has 0 fully saturated rings. The van der Waals surface area contributed by atoms with Gasteiger partial charge in [0.25, 0.3) is 0 Å². The number of hydrogen-bond acceptors (Lipinski definition) is 5. The molecule has 2 aromatic carbocycles. The summed E-state index contributed by atoms with van der Waals surface area (Å²) in [7, 11) is 1.62. The highest BCUT2D eigenvalue weighted by Crippen LogP contribution is 2.24. The number of hydrogen-bond donors (Lipinski definition) is 1. The van der Waals surface area contributed by atoms with Crippen molar-refractivity contribution in [3.63, 3.8) is 0 Å². The molecule has 1 N–H and O–H groups in total. The van der Waals surface area contributed by atoms with E-state index in [-0.39, 0.29) is 16.6 Å². The molecule has 0 spiro atoms. The zero-order valence-electron chi connectivity index (χ0n) is 14.8. The van der Waals surface area contributed by atoms with Crippen LogP contribution < -0.4 is 9.61 Å². The van der Waals surface area contributed by atoms with Crippen LogP contribution in [0.25, 0.3) is 0 Å². The summed E-state index contributed by atoms with van der Waals surface area (Å²) in [6.45, 7) is 0. The number of nitrogens with zero attached hydrogens (tertiary/aromatic N) is 1. The van der Waals surface area contributed by atoms with Gasteiger partial charge in [0.2, 0.25) is 0 Å². The van der Waals surface area contributed by atoms with Crippen LogP contribution in [0.15, 0.2) is 53.3 Å². The molecule has 0 aliphatic heterocycles. The molecule has 0 radical (unpaired) electrons. The number of aromatic amines is 1. The van der Waals surface area contributed by atoms with Gasteiger partial charge >= 0.3 is 4.87 Å². The molecule has 1 heterocycles. The second kappa shape index (κ2) is 8.97. The van der Waals surface area contributed by atoms with Gasteiger partial charge in [-0.05, 0) is 41.8 Å². The third-order valence-electron chi connectivity index (χ3n) is 4.27. The van der Waals surface area contributed by atoms with E-state index in [9.17, 15) is 9.59 Å². The third-order valence-corrected chi connectivity index (χ3v) is 5.08. The van der Waals surface area contributed by atoms with Crippen molar-refractivity contribution < 1.29 is 9.53 Å². The first kappa shape index (κ1) is 19.3. The molecule has 1 aromatic heterocycles. The summed E-state index contributed by atoms with van der Waals surface area (Å²) in [5.41, 5.74) is 1.97. The Morgan fingerprint density at radius 3 is 2.41 bits per heavy atom. The second-order valence-corrected chi connectivity index (χ2v) is 7.45. The van der Waals surface area contributed by atoms with Crippen molar-refractivity contribution in [3.05, 3.63) is 80.2 Å². The highest BCUT2D eigenvalue weighted by Gasteiger charge is 2.20. The van der Waals surface area contributed by atoms with Gasteiger partial charge in [0.1, 0.15) is 17.4 Å². The maximum atomic E-state index is 12.6. The number of methoxy groups -OCH3 is 1. The molecule has 3 aromatic rings. The van der Waals surface area contributed by atoms with Crippen LogP contribution in [-0.2, 0) is 17.6 Å². The summed E-state index contributed by atoms with van der Waals surface area (Å²) >= 11 is 6.77. The topological polar surface area (TPSA) is 72.0 Å². The quantitative estimate of drug-likeness (QED) is 0.617. The van der Waals surface area contributed by atoms with Gasteiger partial charge in [0.05, 0.1) is 7.11 Å². The van der Waals surface area contributed by atoms with E-state index in [1.54, 1.807) is 19.2 Å². The standard InChI is InChI=1S/C20H19ClN2O3S/c1-26-18-8-4-13(5-9-18)10-15(19-22-20(25)27-23-19)12-17(24)11-14-2-6-16(21)7-3-14/h2-9,15H,10-12H2,1H3,(H,22,23,25). The van der Waals surface area contributed by atoms with Crippen LogP contribution in [0.5, 0.6) is 5.75 Å².